The lowest BCUT2D eigenvalue weighted by Gasteiger charge is -2.39. The van der Waals surface area contributed by atoms with Crippen LogP contribution in [0.15, 0.2) is 21.6 Å². The highest BCUT2D eigenvalue weighted by molar-refractivity contribution is 9.10. The van der Waals surface area contributed by atoms with Crippen molar-refractivity contribution in [2.45, 2.75) is 43.0 Å². The molecule has 0 spiro atoms. The molecule has 2 fully saturated rings. The molecule has 0 aliphatic carbocycles. The molecule has 3 rings (SSSR count). The van der Waals surface area contributed by atoms with Gasteiger partial charge in [-0.1, -0.05) is 6.42 Å². The largest absolute Gasteiger partial charge is 0.383 e. The lowest BCUT2D eigenvalue weighted by Crippen LogP contribution is -2.48. The molecule has 1 aromatic heterocycles. The third kappa shape index (κ3) is 3.70. The van der Waals surface area contributed by atoms with Gasteiger partial charge in [-0.25, -0.2) is 13.4 Å². The zero-order valence-corrected chi connectivity index (χ0v) is 15.5. The number of nitrogen functional groups attached to an aromatic ring is 1. The number of sulfonamides is 1. The van der Waals surface area contributed by atoms with E-state index in [1.54, 1.807) is 4.31 Å². The highest BCUT2D eigenvalue weighted by atomic mass is 79.9. The molecule has 0 bridgehead atoms. The number of hydrogen-bond acceptors (Lipinski definition) is 5. The van der Waals surface area contributed by atoms with Crippen LogP contribution in [-0.2, 0) is 10.0 Å². The number of hydrogen-bond donors (Lipinski definition) is 1. The number of nitrogens with two attached hydrogens (primary N) is 1. The highest BCUT2D eigenvalue weighted by Gasteiger charge is 2.33. The maximum absolute atomic E-state index is 12.8. The molecule has 3 heterocycles. The summed E-state index contributed by atoms with van der Waals surface area (Å²) < 4.78 is 27.8. The van der Waals surface area contributed by atoms with E-state index in [9.17, 15) is 8.42 Å². The summed E-state index contributed by atoms with van der Waals surface area (Å²) in [6, 6.07) is 2.05. The van der Waals surface area contributed by atoms with Gasteiger partial charge in [0, 0.05) is 29.8 Å². The minimum Gasteiger partial charge on any atom is -0.383 e. The fourth-order valence-corrected chi connectivity index (χ4v) is 5.55. The van der Waals surface area contributed by atoms with E-state index in [1.807, 2.05) is 0 Å². The second-order valence-electron chi connectivity index (χ2n) is 6.27. The van der Waals surface area contributed by atoms with Gasteiger partial charge in [-0.2, -0.15) is 4.31 Å². The van der Waals surface area contributed by atoms with E-state index < -0.39 is 10.0 Å². The summed E-state index contributed by atoms with van der Waals surface area (Å²) in [6.45, 7) is 3.41. The number of likely N-dealkylation sites (tertiary alicyclic amines) is 1. The van der Waals surface area contributed by atoms with Crippen LogP contribution in [-0.4, -0.2) is 54.8 Å². The smallest absolute Gasteiger partial charge is 0.246 e. The second kappa shape index (κ2) is 7.04. The van der Waals surface area contributed by atoms with Crippen molar-refractivity contribution in [1.29, 1.82) is 0 Å². The predicted octanol–water partition coefficient (Wildman–Crippen LogP) is 2.07. The van der Waals surface area contributed by atoms with Crippen LogP contribution >= 0.6 is 15.9 Å². The molecule has 2 saturated heterocycles. The first-order chi connectivity index (χ1) is 11.0. The first kappa shape index (κ1) is 17.1. The van der Waals surface area contributed by atoms with Crippen molar-refractivity contribution in [3.8, 4) is 0 Å². The van der Waals surface area contributed by atoms with Gasteiger partial charge in [0.2, 0.25) is 10.0 Å². The Bertz CT molecular complexity index is 653. The summed E-state index contributed by atoms with van der Waals surface area (Å²) in [6.07, 6.45) is 7.13. The van der Waals surface area contributed by atoms with Crippen molar-refractivity contribution in [1.82, 2.24) is 14.2 Å². The Labute approximate surface area is 146 Å². The summed E-state index contributed by atoms with van der Waals surface area (Å²) in [5, 5.41) is 0. The van der Waals surface area contributed by atoms with Crippen LogP contribution < -0.4 is 5.73 Å². The molecule has 2 aliphatic rings. The summed E-state index contributed by atoms with van der Waals surface area (Å²) >= 11 is 3.27. The van der Waals surface area contributed by atoms with Crippen molar-refractivity contribution in [2.24, 2.45) is 0 Å². The fraction of sp³-hybridized carbons (Fsp3) is 0.667. The third-order valence-corrected chi connectivity index (χ3v) is 7.16. The molecule has 0 saturated carbocycles. The molecule has 0 radical (unpaired) electrons. The quantitative estimate of drug-likeness (QED) is 0.836. The van der Waals surface area contributed by atoms with Gasteiger partial charge in [-0.05, 0) is 60.8 Å². The van der Waals surface area contributed by atoms with E-state index >= 15 is 0 Å². The Morgan fingerprint density at radius 1 is 1.13 bits per heavy atom. The molecule has 0 unspecified atom stereocenters. The fourth-order valence-electron chi connectivity index (χ4n) is 3.51. The number of halogens is 1. The van der Waals surface area contributed by atoms with Gasteiger partial charge in [0.25, 0.3) is 0 Å². The van der Waals surface area contributed by atoms with Gasteiger partial charge in [0.05, 0.1) is 0 Å². The molecule has 23 heavy (non-hydrogen) atoms. The maximum atomic E-state index is 12.8. The second-order valence-corrected chi connectivity index (χ2v) is 9.09. The van der Waals surface area contributed by atoms with E-state index in [0.29, 0.717) is 23.6 Å². The number of piperidine rings is 2. The van der Waals surface area contributed by atoms with Crippen LogP contribution in [0.25, 0.3) is 0 Å². The van der Waals surface area contributed by atoms with Crippen LogP contribution in [0.1, 0.15) is 32.1 Å². The summed E-state index contributed by atoms with van der Waals surface area (Å²) in [7, 11) is -3.57. The summed E-state index contributed by atoms with van der Waals surface area (Å²) in [5.74, 6) is 0.0614. The molecule has 128 valence electrons. The third-order valence-electron chi connectivity index (χ3n) is 4.80. The lowest BCUT2D eigenvalue weighted by molar-refractivity contribution is 0.118. The van der Waals surface area contributed by atoms with Gasteiger partial charge in [-0.15, -0.1) is 0 Å². The average molecular weight is 403 g/mol. The van der Waals surface area contributed by atoms with Crippen LogP contribution in [0.4, 0.5) is 5.82 Å². The van der Waals surface area contributed by atoms with Crippen molar-refractivity contribution < 1.29 is 8.42 Å². The molecule has 0 atom stereocenters. The molecule has 2 N–H and O–H groups in total. The van der Waals surface area contributed by atoms with Crippen molar-refractivity contribution in [3.05, 3.63) is 16.7 Å². The first-order valence-corrected chi connectivity index (χ1v) is 10.4. The van der Waals surface area contributed by atoms with Crippen LogP contribution in [0.2, 0.25) is 0 Å². The molecular formula is C15H23BrN4O2S. The first-order valence-electron chi connectivity index (χ1n) is 8.14. The normalized spacial score (nSPS) is 22.3. The van der Waals surface area contributed by atoms with E-state index in [0.717, 1.165) is 25.9 Å². The zero-order chi connectivity index (χ0) is 16.4. The van der Waals surface area contributed by atoms with E-state index in [2.05, 4.69) is 25.8 Å². The topological polar surface area (TPSA) is 79.5 Å². The monoisotopic (exact) mass is 402 g/mol. The predicted molar refractivity (Wildman–Crippen MR) is 93.6 cm³/mol. The van der Waals surface area contributed by atoms with Crippen LogP contribution in [0, 0.1) is 0 Å². The van der Waals surface area contributed by atoms with Gasteiger partial charge < -0.3 is 10.6 Å². The van der Waals surface area contributed by atoms with Gasteiger partial charge in [0.15, 0.2) is 0 Å². The summed E-state index contributed by atoms with van der Waals surface area (Å²) in [5.41, 5.74) is 5.78. The van der Waals surface area contributed by atoms with Crippen LogP contribution in [0.5, 0.6) is 0 Å². The van der Waals surface area contributed by atoms with E-state index in [-0.39, 0.29) is 10.7 Å². The maximum Gasteiger partial charge on any atom is 0.246 e. The van der Waals surface area contributed by atoms with Crippen LogP contribution in [0.3, 0.4) is 0 Å². The standard InChI is InChI=1S/C15H23BrN4O2S/c16-12-10-14(15(17)18-11-12)23(21,22)20-8-4-13(5-9-20)19-6-2-1-3-7-19/h10-11,13H,1-9H2,(H2,17,18). The Morgan fingerprint density at radius 2 is 1.78 bits per heavy atom. The highest BCUT2D eigenvalue weighted by Crippen LogP contribution is 2.28. The van der Waals surface area contributed by atoms with E-state index in [4.69, 9.17) is 5.73 Å². The number of rotatable bonds is 3. The Morgan fingerprint density at radius 3 is 2.43 bits per heavy atom. The van der Waals surface area contributed by atoms with Gasteiger partial charge >= 0.3 is 0 Å². The molecule has 8 heteroatoms. The minimum atomic E-state index is -3.57. The number of nitrogens with zero attached hydrogens (tertiary/aromatic N) is 3. The summed E-state index contributed by atoms with van der Waals surface area (Å²) in [4.78, 5) is 6.58. The van der Waals surface area contributed by atoms with Gasteiger partial charge in [-0.3, -0.25) is 0 Å². The number of aromatic nitrogens is 1. The minimum absolute atomic E-state index is 0.0614. The Hall–Kier alpha value is -0.700. The van der Waals surface area contributed by atoms with Crippen molar-refractivity contribution in [2.75, 3.05) is 31.9 Å². The number of anilines is 1. The van der Waals surface area contributed by atoms with Gasteiger partial charge in [0.1, 0.15) is 10.7 Å². The number of pyridine rings is 1. The molecular weight excluding hydrogens is 380 g/mol. The molecule has 0 amide bonds. The van der Waals surface area contributed by atoms with Crippen molar-refractivity contribution in [3.63, 3.8) is 0 Å². The molecule has 0 aromatic carbocycles. The molecule has 6 nitrogen and oxygen atoms in total. The molecule has 2 aliphatic heterocycles. The Kier molecular flexibility index (Phi) is 5.25. The average Bonchev–Trinajstić information content (AvgIpc) is 2.58. The Balaban J connectivity index is 1.69. The zero-order valence-electron chi connectivity index (χ0n) is 13.1. The van der Waals surface area contributed by atoms with Crippen molar-refractivity contribution >= 4 is 31.8 Å². The van der Waals surface area contributed by atoms with E-state index in [1.165, 1.54) is 31.5 Å². The molecule has 1 aromatic rings. The lowest BCUT2D eigenvalue weighted by atomic mass is 10.0. The SMILES string of the molecule is Nc1ncc(Br)cc1S(=O)(=O)N1CCC(N2CCCCC2)CC1.